The molecule has 0 radical (unpaired) electrons. The van der Waals surface area contributed by atoms with Crippen LogP contribution in [-0.4, -0.2) is 5.11 Å². The smallest absolute Gasteiger partial charge is 0.0798 e. The lowest BCUT2D eigenvalue weighted by atomic mass is 9.98. The molecule has 0 aliphatic heterocycles. The van der Waals surface area contributed by atoms with Crippen molar-refractivity contribution in [3.8, 4) is 0 Å². The first-order valence-corrected chi connectivity index (χ1v) is 4.88. The van der Waals surface area contributed by atoms with Gasteiger partial charge in [0.15, 0.2) is 0 Å². The van der Waals surface area contributed by atoms with Gasteiger partial charge in [0.1, 0.15) is 0 Å². The molecule has 1 aromatic carbocycles. The second-order valence-corrected chi connectivity index (χ2v) is 4.22. The first-order valence-electron chi connectivity index (χ1n) is 4.88. The average molecular weight is 176 g/mol. The van der Waals surface area contributed by atoms with Gasteiger partial charge in [0, 0.05) is 0 Å². The molecule has 1 aliphatic rings. The van der Waals surface area contributed by atoms with Crippen molar-refractivity contribution < 1.29 is 5.11 Å². The van der Waals surface area contributed by atoms with Crippen molar-refractivity contribution in [3.63, 3.8) is 0 Å². The van der Waals surface area contributed by atoms with Crippen LogP contribution in [0.2, 0.25) is 0 Å². The predicted molar refractivity (Wildman–Crippen MR) is 53.9 cm³/mol. The summed E-state index contributed by atoms with van der Waals surface area (Å²) in [5.41, 5.74) is 5.11. The largest absolute Gasteiger partial charge is 0.388 e. The van der Waals surface area contributed by atoms with Crippen LogP contribution in [0.15, 0.2) is 12.1 Å². The van der Waals surface area contributed by atoms with Crippen LogP contribution in [0, 0.1) is 13.8 Å². The number of aliphatic hydroxyl groups excluding tert-OH is 1. The van der Waals surface area contributed by atoms with Crippen molar-refractivity contribution in [2.75, 3.05) is 0 Å². The van der Waals surface area contributed by atoms with Crippen LogP contribution >= 0.6 is 0 Å². The summed E-state index contributed by atoms with van der Waals surface area (Å²) in [4.78, 5) is 0. The van der Waals surface area contributed by atoms with E-state index in [0.29, 0.717) is 5.92 Å². The third kappa shape index (κ3) is 1.28. The van der Waals surface area contributed by atoms with E-state index in [1.165, 1.54) is 16.7 Å². The van der Waals surface area contributed by atoms with E-state index >= 15 is 0 Å². The lowest BCUT2D eigenvalue weighted by Gasteiger charge is -2.08. The topological polar surface area (TPSA) is 20.2 Å². The Kier molecular flexibility index (Phi) is 1.92. The maximum atomic E-state index is 9.77. The molecule has 1 aromatic rings. The molecule has 0 saturated heterocycles. The molecule has 2 unspecified atom stereocenters. The summed E-state index contributed by atoms with van der Waals surface area (Å²) in [5, 5.41) is 9.77. The molecule has 0 aromatic heterocycles. The molecule has 1 N–H and O–H groups in total. The van der Waals surface area contributed by atoms with E-state index in [0.717, 1.165) is 12.0 Å². The van der Waals surface area contributed by atoms with Gasteiger partial charge in [-0.05, 0) is 48.4 Å². The minimum atomic E-state index is -0.232. The normalized spacial score (nSPS) is 26.2. The zero-order chi connectivity index (χ0) is 9.59. The van der Waals surface area contributed by atoms with E-state index in [1.54, 1.807) is 0 Å². The van der Waals surface area contributed by atoms with Crippen LogP contribution in [0.3, 0.4) is 0 Å². The third-order valence-corrected chi connectivity index (χ3v) is 3.17. The van der Waals surface area contributed by atoms with Crippen molar-refractivity contribution >= 4 is 0 Å². The number of hydrogen-bond donors (Lipinski definition) is 1. The maximum absolute atomic E-state index is 9.77. The van der Waals surface area contributed by atoms with E-state index in [4.69, 9.17) is 0 Å². The van der Waals surface area contributed by atoms with Crippen molar-refractivity contribution in [1.82, 2.24) is 0 Å². The highest BCUT2D eigenvalue weighted by atomic mass is 16.3. The Bertz CT molecular complexity index is 308. The number of aliphatic hydroxyl groups is 1. The third-order valence-electron chi connectivity index (χ3n) is 3.17. The van der Waals surface area contributed by atoms with Crippen molar-refractivity contribution in [1.29, 1.82) is 0 Å². The molecule has 0 heterocycles. The molecule has 0 amide bonds. The monoisotopic (exact) mass is 176 g/mol. The fourth-order valence-electron chi connectivity index (χ4n) is 2.17. The fraction of sp³-hybridized carbons (Fsp3) is 0.500. The zero-order valence-corrected chi connectivity index (χ0v) is 8.46. The standard InChI is InChI=1S/C12H16O/c1-7-4-10-9(3)6-12(13)11(10)5-8(7)2/h4-5,9,12-13H,6H2,1-3H3. The Morgan fingerprint density at radius 1 is 1.15 bits per heavy atom. The Labute approximate surface area is 79.4 Å². The summed E-state index contributed by atoms with van der Waals surface area (Å²) < 4.78 is 0. The lowest BCUT2D eigenvalue weighted by Crippen LogP contribution is -1.92. The number of aryl methyl sites for hydroxylation is 2. The molecule has 0 spiro atoms. The van der Waals surface area contributed by atoms with Gasteiger partial charge in [-0.2, -0.15) is 0 Å². The van der Waals surface area contributed by atoms with Gasteiger partial charge >= 0.3 is 0 Å². The summed E-state index contributed by atoms with van der Waals surface area (Å²) in [5.74, 6) is 0.518. The van der Waals surface area contributed by atoms with Gasteiger partial charge < -0.3 is 5.11 Å². The number of hydrogen-bond acceptors (Lipinski definition) is 1. The molecule has 1 heteroatoms. The lowest BCUT2D eigenvalue weighted by molar-refractivity contribution is 0.174. The first kappa shape index (κ1) is 8.76. The molecule has 13 heavy (non-hydrogen) atoms. The van der Waals surface area contributed by atoms with Gasteiger partial charge in [-0.1, -0.05) is 19.1 Å². The SMILES string of the molecule is Cc1cc2c(cc1C)C(O)CC2C. The summed E-state index contributed by atoms with van der Waals surface area (Å²) in [6, 6.07) is 4.37. The maximum Gasteiger partial charge on any atom is 0.0798 e. The van der Waals surface area contributed by atoms with Crippen molar-refractivity contribution in [3.05, 3.63) is 34.4 Å². The average Bonchev–Trinajstić information content (AvgIpc) is 2.31. The molecule has 70 valence electrons. The second kappa shape index (κ2) is 2.85. The fourth-order valence-corrected chi connectivity index (χ4v) is 2.17. The van der Waals surface area contributed by atoms with E-state index < -0.39 is 0 Å². The van der Waals surface area contributed by atoms with Crippen molar-refractivity contribution in [2.24, 2.45) is 0 Å². The number of fused-ring (bicyclic) bond motifs is 1. The van der Waals surface area contributed by atoms with E-state index in [-0.39, 0.29) is 6.10 Å². The van der Waals surface area contributed by atoms with Crippen LogP contribution in [-0.2, 0) is 0 Å². The Morgan fingerprint density at radius 2 is 1.69 bits per heavy atom. The van der Waals surface area contributed by atoms with Gasteiger partial charge in [0.05, 0.1) is 6.10 Å². The van der Waals surface area contributed by atoms with Gasteiger partial charge in [0.2, 0.25) is 0 Å². The molecular formula is C12H16O. The molecular weight excluding hydrogens is 160 g/mol. The predicted octanol–water partition coefficient (Wildman–Crippen LogP) is 2.84. The van der Waals surface area contributed by atoms with Crippen LogP contribution in [0.25, 0.3) is 0 Å². The molecule has 0 fully saturated rings. The summed E-state index contributed by atoms with van der Waals surface area (Å²) in [6.45, 7) is 6.42. The molecule has 2 atom stereocenters. The molecule has 0 bridgehead atoms. The molecule has 1 aliphatic carbocycles. The first-order chi connectivity index (χ1) is 6.09. The van der Waals surface area contributed by atoms with Crippen LogP contribution < -0.4 is 0 Å². The van der Waals surface area contributed by atoms with E-state index in [1.807, 2.05) is 0 Å². The van der Waals surface area contributed by atoms with Gasteiger partial charge in [-0.3, -0.25) is 0 Å². The van der Waals surface area contributed by atoms with Crippen molar-refractivity contribution in [2.45, 2.75) is 39.2 Å². The molecule has 0 saturated carbocycles. The second-order valence-electron chi connectivity index (χ2n) is 4.22. The summed E-state index contributed by atoms with van der Waals surface area (Å²) >= 11 is 0. The van der Waals surface area contributed by atoms with Crippen LogP contribution in [0.5, 0.6) is 0 Å². The highest BCUT2D eigenvalue weighted by molar-refractivity contribution is 5.43. The van der Waals surface area contributed by atoms with Gasteiger partial charge in [-0.15, -0.1) is 0 Å². The Morgan fingerprint density at radius 3 is 2.31 bits per heavy atom. The quantitative estimate of drug-likeness (QED) is 0.644. The summed E-state index contributed by atoms with van der Waals surface area (Å²) in [6.07, 6.45) is 0.655. The number of benzene rings is 1. The van der Waals surface area contributed by atoms with E-state index in [2.05, 4.69) is 32.9 Å². The van der Waals surface area contributed by atoms with Crippen LogP contribution in [0.4, 0.5) is 0 Å². The minimum Gasteiger partial charge on any atom is -0.388 e. The Balaban J connectivity index is 2.58. The highest BCUT2D eigenvalue weighted by Crippen LogP contribution is 2.40. The van der Waals surface area contributed by atoms with Crippen LogP contribution in [0.1, 0.15) is 47.6 Å². The van der Waals surface area contributed by atoms with Gasteiger partial charge in [0.25, 0.3) is 0 Å². The minimum absolute atomic E-state index is 0.232. The molecule has 1 nitrogen and oxygen atoms in total. The summed E-state index contributed by atoms with van der Waals surface area (Å²) in [7, 11) is 0. The Hall–Kier alpha value is -0.820. The highest BCUT2D eigenvalue weighted by Gasteiger charge is 2.26. The zero-order valence-electron chi connectivity index (χ0n) is 8.46. The number of rotatable bonds is 0. The van der Waals surface area contributed by atoms with Gasteiger partial charge in [-0.25, -0.2) is 0 Å². The molecule has 2 rings (SSSR count). The van der Waals surface area contributed by atoms with E-state index in [9.17, 15) is 5.11 Å².